The average Bonchev–Trinajstić information content (AvgIpc) is 3.43. The number of nitrogens with zero attached hydrogens (tertiary/aromatic N) is 3. The van der Waals surface area contributed by atoms with E-state index in [-0.39, 0.29) is 17.9 Å². The third kappa shape index (κ3) is 4.04. The number of piperazine rings is 1. The molecule has 1 unspecified atom stereocenters. The molecule has 1 atom stereocenters. The Morgan fingerprint density at radius 1 is 0.963 bits per heavy atom. The van der Waals surface area contributed by atoms with Crippen molar-refractivity contribution in [3.63, 3.8) is 0 Å². The number of furan rings is 1. The maximum Gasteiger partial charge on any atom is 0.289 e. The number of carbonyl (C=O) groups is 2. The summed E-state index contributed by atoms with van der Waals surface area (Å²) in [4.78, 5) is 32.0. The molecule has 3 heterocycles. The summed E-state index contributed by atoms with van der Waals surface area (Å²) in [5.74, 6) is 1.03. The SMILES string of the molecule is O=C(c1ccco1)N1CCN(C(C(=O)N2CCOCC2)C2CCCC2)CC1. The first kappa shape index (κ1) is 18.5. The summed E-state index contributed by atoms with van der Waals surface area (Å²) in [5.41, 5.74) is 0. The largest absolute Gasteiger partial charge is 0.459 e. The van der Waals surface area contributed by atoms with E-state index >= 15 is 0 Å². The summed E-state index contributed by atoms with van der Waals surface area (Å²) < 4.78 is 10.7. The fourth-order valence-corrected chi connectivity index (χ4v) is 4.66. The molecule has 4 rings (SSSR count). The van der Waals surface area contributed by atoms with Crippen LogP contribution >= 0.6 is 0 Å². The van der Waals surface area contributed by atoms with Crippen molar-refractivity contribution in [1.82, 2.24) is 14.7 Å². The number of carbonyl (C=O) groups excluding carboxylic acids is 2. The highest BCUT2D eigenvalue weighted by Gasteiger charge is 2.39. The Balaban J connectivity index is 1.42. The van der Waals surface area contributed by atoms with Crippen molar-refractivity contribution in [2.24, 2.45) is 5.92 Å². The second-order valence-corrected chi connectivity index (χ2v) is 7.73. The molecule has 7 heteroatoms. The van der Waals surface area contributed by atoms with Crippen molar-refractivity contribution < 1.29 is 18.7 Å². The second-order valence-electron chi connectivity index (χ2n) is 7.73. The molecule has 0 aromatic carbocycles. The van der Waals surface area contributed by atoms with Gasteiger partial charge in [0.1, 0.15) is 0 Å². The van der Waals surface area contributed by atoms with E-state index < -0.39 is 0 Å². The predicted octanol–water partition coefficient (Wildman–Crippen LogP) is 1.45. The van der Waals surface area contributed by atoms with Crippen molar-refractivity contribution in [3.8, 4) is 0 Å². The van der Waals surface area contributed by atoms with Gasteiger partial charge in [-0.05, 0) is 30.9 Å². The van der Waals surface area contributed by atoms with E-state index in [0.717, 1.165) is 25.9 Å². The molecule has 0 N–H and O–H groups in total. The van der Waals surface area contributed by atoms with E-state index in [0.29, 0.717) is 51.1 Å². The van der Waals surface area contributed by atoms with Gasteiger partial charge in [0.2, 0.25) is 5.91 Å². The number of amides is 2. The van der Waals surface area contributed by atoms with Gasteiger partial charge in [-0.2, -0.15) is 0 Å². The maximum atomic E-state index is 13.3. The minimum atomic E-state index is -0.0587. The molecule has 2 aliphatic heterocycles. The fourth-order valence-electron chi connectivity index (χ4n) is 4.66. The van der Waals surface area contributed by atoms with Gasteiger partial charge in [-0.25, -0.2) is 0 Å². The van der Waals surface area contributed by atoms with Gasteiger partial charge in [-0.3, -0.25) is 14.5 Å². The zero-order chi connectivity index (χ0) is 18.6. The number of hydrogen-bond donors (Lipinski definition) is 0. The van der Waals surface area contributed by atoms with Crippen LogP contribution in [0.15, 0.2) is 22.8 Å². The molecule has 1 aliphatic carbocycles. The van der Waals surface area contributed by atoms with Gasteiger partial charge in [-0.1, -0.05) is 12.8 Å². The second kappa shape index (κ2) is 8.44. The predicted molar refractivity (Wildman–Crippen MR) is 99.3 cm³/mol. The monoisotopic (exact) mass is 375 g/mol. The van der Waals surface area contributed by atoms with Gasteiger partial charge in [0, 0.05) is 39.3 Å². The van der Waals surface area contributed by atoms with Gasteiger partial charge < -0.3 is 19.0 Å². The Bertz CT molecular complexity index is 628. The van der Waals surface area contributed by atoms with Gasteiger partial charge in [0.05, 0.1) is 25.5 Å². The van der Waals surface area contributed by atoms with Crippen LogP contribution in [0.25, 0.3) is 0 Å². The molecular weight excluding hydrogens is 346 g/mol. The fraction of sp³-hybridized carbons (Fsp3) is 0.700. The summed E-state index contributed by atoms with van der Waals surface area (Å²) in [6.45, 7) is 5.41. The topological polar surface area (TPSA) is 66.2 Å². The van der Waals surface area contributed by atoms with Crippen molar-refractivity contribution in [3.05, 3.63) is 24.2 Å². The molecule has 2 saturated heterocycles. The molecular formula is C20H29N3O4. The summed E-state index contributed by atoms with van der Waals surface area (Å²) in [6.07, 6.45) is 6.22. The molecule has 2 amide bonds. The van der Waals surface area contributed by atoms with Crippen LogP contribution in [0.4, 0.5) is 0 Å². The van der Waals surface area contributed by atoms with Crippen LogP contribution in [0.2, 0.25) is 0 Å². The minimum absolute atomic E-state index is 0.0496. The van der Waals surface area contributed by atoms with E-state index in [9.17, 15) is 9.59 Å². The maximum absolute atomic E-state index is 13.3. The number of morpholine rings is 1. The highest BCUT2D eigenvalue weighted by atomic mass is 16.5. The molecule has 148 valence electrons. The third-order valence-corrected chi connectivity index (χ3v) is 6.15. The summed E-state index contributed by atoms with van der Waals surface area (Å²) >= 11 is 0. The average molecular weight is 375 g/mol. The van der Waals surface area contributed by atoms with E-state index in [1.54, 1.807) is 12.1 Å². The van der Waals surface area contributed by atoms with E-state index in [4.69, 9.17) is 9.15 Å². The van der Waals surface area contributed by atoms with Crippen LogP contribution in [0.1, 0.15) is 36.2 Å². The van der Waals surface area contributed by atoms with Crippen molar-refractivity contribution >= 4 is 11.8 Å². The molecule has 1 aromatic heterocycles. The summed E-state index contributed by atoms with van der Waals surface area (Å²) in [5, 5.41) is 0. The molecule has 1 saturated carbocycles. The molecule has 3 fully saturated rings. The van der Waals surface area contributed by atoms with Crippen LogP contribution in [0, 0.1) is 5.92 Å². The first-order valence-corrected chi connectivity index (χ1v) is 10.2. The zero-order valence-corrected chi connectivity index (χ0v) is 15.8. The normalized spacial score (nSPS) is 23.6. The number of hydrogen-bond acceptors (Lipinski definition) is 5. The van der Waals surface area contributed by atoms with E-state index in [2.05, 4.69) is 4.90 Å². The van der Waals surface area contributed by atoms with Crippen molar-refractivity contribution in [2.75, 3.05) is 52.5 Å². The van der Waals surface area contributed by atoms with Gasteiger partial charge in [0.25, 0.3) is 5.91 Å². The number of rotatable bonds is 4. The molecule has 1 aromatic rings. The van der Waals surface area contributed by atoms with Crippen molar-refractivity contribution in [1.29, 1.82) is 0 Å². The van der Waals surface area contributed by atoms with Crippen LogP contribution < -0.4 is 0 Å². The van der Waals surface area contributed by atoms with Gasteiger partial charge >= 0.3 is 0 Å². The third-order valence-electron chi connectivity index (χ3n) is 6.15. The van der Waals surface area contributed by atoms with Crippen LogP contribution in [-0.4, -0.2) is 85.0 Å². The van der Waals surface area contributed by atoms with Gasteiger partial charge in [0.15, 0.2) is 5.76 Å². The molecule has 0 radical (unpaired) electrons. The minimum Gasteiger partial charge on any atom is -0.459 e. The lowest BCUT2D eigenvalue weighted by Crippen LogP contribution is -2.59. The lowest BCUT2D eigenvalue weighted by Gasteiger charge is -2.42. The summed E-state index contributed by atoms with van der Waals surface area (Å²) in [6, 6.07) is 3.39. The van der Waals surface area contributed by atoms with Crippen LogP contribution in [0.5, 0.6) is 0 Å². The smallest absolute Gasteiger partial charge is 0.289 e. The Kier molecular flexibility index (Phi) is 5.78. The molecule has 3 aliphatic rings. The zero-order valence-electron chi connectivity index (χ0n) is 15.8. The highest BCUT2D eigenvalue weighted by Crippen LogP contribution is 2.32. The van der Waals surface area contributed by atoms with E-state index in [1.165, 1.54) is 19.1 Å². The lowest BCUT2D eigenvalue weighted by atomic mass is 9.94. The first-order valence-electron chi connectivity index (χ1n) is 10.2. The van der Waals surface area contributed by atoms with Gasteiger partial charge in [-0.15, -0.1) is 0 Å². The highest BCUT2D eigenvalue weighted by molar-refractivity contribution is 5.91. The quantitative estimate of drug-likeness (QED) is 0.797. The van der Waals surface area contributed by atoms with Crippen LogP contribution in [0.3, 0.4) is 0 Å². The standard InChI is InChI=1S/C20H29N3O4/c24-19(17-6-3-13-27-17)22-9-7-21(8-10-22)18(16-4-1-2-5-16)20(25)23-11-14-26-15-12-23/h3,6,13,16,18H,1-2,4-5,7-12,14-15H2. The lowest BCUT2D eigenvalue weighted by molar-refractivity contribution is -0.144. The Morgan fingerprint density at radius 3 is 2.30 bits per heavy atom. The molecule has 27 heavy (non-hydrogen) atoms. The van der Waals surface area contributed by atoms with Crippen LogP contribution in [-0.2, 0) is 9.53 Å². The summed E-state index contributed by atoms with van der Waals surface area (Å²) in [7, 11) is 0. The Labute approximate surface area is 160 Å². The molecule has 0 bridgehead atoms. The molecule has 0 spiro atoms. The Morgan fingerprint density at radius 2 is 1.67 bits per heavy atom. The number of ether oxygens (including phenoxy) is 1. The van der Waals surface area contributed by atoms with Crippen molar-refractivity contribution in [2.45, 2.75) is 31.7 Å². The first-order chi connectivity index (χ1) is 13.2. The Hall–Kier alpha value is -1.86. The van der Waals surface area contributed by atoms with E-state index in [1.807, 2.05) is 9.80 Å². The molecule has 7 nitrogen and oxygen atoms in total.